The third-order valence-electron chi connectivity index (χ3n) is 2.68. The van der Waals surface area contributed by atoms with E-state index in [9.17, 15) is 0 Å². The first-order valence-electron chi connectivity index (χ1n) is 6.08. The van der Waals surface area contributed by atoms with Crippen molar-refractivity contribution in [3.05, 3.63) is 45.4 Å². The van der Waals surface area contributed by atoms with Crippen LogP contribution in [0.15, 0.2) is 24.3 Å². The first-order chi connectivity index (χ1) is 9.10. The summed E-state index contributed by atoms with van der Waals surface area (Å²) < 4.78 is 5.70. The van der Waals surface area contributed by atoms with E-state index in [0.717, 1.165) is 27.7 Å². The molecule has 0 aliphatic carbocycles. The van der Waals surface area contributed by atoms with Gasteiger partial charge in [-0.3, -0.25) is 0 Å². The highest BCUT2D eigenvalue weighted by Gasteiger charge is 2.12. The molecule has 0 aliphatic rings. The van der Waals surface area contributed by atoms with Crippen LogP contribution in [0.25, 0.3) is 0 Å². The van der Waals surface area contributed by atoms with Crippen LogP contribution in [0.5, 0.6) is 5.75 Å². The van der Waals surface area contributed by atoms with Crippen LogP contribution in [-0.4, -0.2) is 9.97 Å². The first kappa shape index (κ1) is 14.0. The third kappa shape index (κ3) is 3.52. The molecule has 0 atom stereocenters. The van der Waals surface area contributed by atoms with E-state index in [1.54, 1.807) is 0 Å². The minimum atomic E-state index is 0.413. The summed E-state index contributed by atoms with van der Waals surface area (Å²) in [6.07, 6.45) is 0.827. The van der Waals surface area contributed by atoms with Crippen LogP contribution in [0.1, 0.15) is 28.1 Å². The molecule has 0 saturated carbocycles. The van der Waals surface area contributed by atoms with Gasteiger partial charge in [-0.15, -0.1) is 11.3 Å². The highest BCUT2D eigenvalue weighted by atomic mass is 32.1. The van der Waals surface area contributed by atoms with Gasteiger partial charge in [0, 0.05) is 0 Å². The summed E-state index contributed by atoms with van der Waals surface area (Å²) in [7, 11) is 0. The number of ether oxygens (including phenoxy) is 1. The van der Waals surface area contributed by atoms with Gasteiger partial charge in [-0.05, 0) is 25.5 Å². The van der Waals surface area contributed by atoms with Gasteiger partial charge in [0.15, 0.2) is 0 Å². The Labute approximate surface area is 122 Å². The molecule has 0 fully saturated rings. The molecule has 19 heavy (non-hydrogen) atoms. The predicted octanol–water partition coefficient (Wildman–Crippen LogP) is 3.23. The molecule has 0 spiro atoms. The van der Waals surface area contributed by atoms with Crippen molar-refractivity contribution in [3.8, 4) is 5.75 Å². The summed E-state index contributed by atoms with van der Waals surface area (Å²) in [5.41, 5.74) is 7.86. The molecule has 0 amide bonds. The number of aromatic nitrogens is 1. The molecule has 0 unspecified atom stereocenters. The van der Waals surface area contributed by atoms with Gasteiger partial charge in [0.1, 0.15) is 22.4 Å². The van der Waals surface area contributed by atoms with Crippen molar-refractivity contribution in [3.63, 3.8) is 0 Å². The number of rotatable bonds is 5. The van der Waals surface area contributed by atoms with Crippen LogP contribution >= 0.6 is 23.6 Å². The molecular formula is C14H16N2OS2. The fourth-order valence-electron chi connectivity index (χ4n) is 1.67. The van der Waals surface area contributed by atoms with Crippen molar-refractivity contribution in [2.45, 2.75) is 26.9 Å². The monoisotopic (exact) mass is 292 g/mol. The SMILES string of the molecule is CCc1nc(COc2ccc(C)cc2)sc1C(N)=S. The van der Waals surface area contributed by atoms with Gasteiger partial charge in [0.2, 0.25) is 0 Å². The topological polar surface area (TPSA) is 48.1 Å². The van der Waals surface area contributed by atoms with Crippen molar-refractivity contribution in [2.75, 3.05) is 0 Å². The highest BCUT2D eigenvalue weighted by Crippen LogP contribution is 2.21. The molecule has 3 nitrogen and oxygen atoms in total. The molecule has 0 saturated heterocycles. The summed E-state index contributed by atoms with van der Waals surface area (Å²) in [5.74, 6) is 0.843. The second-order valence-electron chi connectivity index (χ2n) is 4.20. The van der Waals surface area contributed by atoms with Crippen LogP contribution in [0.2, 0.25) is 0 Å². The molecule has 2 rings (SSSR count). The predicted molar refractivity (Wildman–Crippen MR) is 82.9 cm³/mol. The molecular weight excluding hydrogens is 276 g/mol. The summed E-state index contributed by atoms with van der Waals surface area (Å²) in [5, 5.41) is 0.903. The zero-order valence-electron chi connectivity index (χ0n) is 11.0. The normalized spacial score (nSPS) is 10.4. The number of nitrogens with two attached hydrogens (primary N) is 1. The molecule has 100 valence electrons. The van der Waals surface area contributed by atoms with Gasteiger partial charge >= 0.3 is 0 Å². The standard InChI is InChI=1S/C14H16N2OS2/c1-3-11-13(14(15)18)19-12(16-11)8-17-10-6-4-9(2)5-7-10/h4-7H,3,8H2,1-2H3,(H2,15,18). The maximum Gasteiger partial charge on any atom is 0.140 e. The fourth-order valence-corrected chi connectivity index (χ4v) is 2.83. The molecule has 0 radical (unpaired) electrons. The Balaban J connectivity index is 2.07. The second-order valence-corrected chi connectivity index (χ2v) is 5.73. The summed E-state index contributed by atoms with van der Waals surface area (Å²) in [6.45, 7) is 4.54. The van der Waals surface area contributed by atoms with Crippen molar-refractivity contribution >= 4 is 28.5 Å². The maximum atomic E-state index is 5.70. The lowest BCUT2D eigenvalue weighted by Gasteiger charge is -2.03. The summed E-state index contributed by atoms with van der Waals surface area (Å²) >= 11 is 6.54. The number of thiocarbonyl (C=S) groups is 1. The first-order valence-corrected chi connectivity index (χ1v) is 7.30. The molecule has 2 N–H and O–H groups in total. The summed E-state index contributed by atoms with van der Waals surface area (Å²) in [4.78, 5) is 5.82. The highest BCUT2D eigenvalue weighted by molar-refractivity contribution is 7.81. The molecule has 1 heterocycles. The molecule has 2 aromatic rings. The zero-order chi connectivity index (χ0) is 13.8. The molecule has 0 bridgehead atoms. The lowest BCUT2D eigenvalue weighted by atomic mass is 10.2. The van der Waals surface area contributed by atoms with Crippen LogP contribution in [0.4, 0.5) is 0 Å². The lowest BCUT2D eigenvalue weighted by molar-refractivity contribution is 0.305. The second kappa shape index (κ2) is 6.12. The minimum absolute atomic E-state index is 0.413. The van der Waals surface area contributed by atoms with Gasteiger partial charge < -0.3 is 10.5 Å². The maximum absolute atomic E-state index is 5.70. The Kier molecular flexibility index (Phi) is 4.50. The van der Waals surface area contributed by atoms with Crippen molar-refractivity contribution in [2.24, 2.45) is 5.73 Å². The Morgan fingerprint density at radius 3 is 2.58 bits per heavy atom. The Morgan fingerprint density at radius 2 is 2.05 bits per heavy atom. The molecule has 0 aliphatic heterocycles. The number of thiazole rings is 1. The third-order valence-corrected chi connectivity index (χ3v) is 4.12. The molecule has 1 aromatic carbocycles. The van der Waals surface area contributed by atoms with E-state index in [1.165, 1.54) is 16.9 Å². The van der Waals surface area contributed by atoms with Crippen molar-refractivity contribution in [1.29, 1.82) is 0 Å². The minimum Gasteiger partial charge on any atom is -0.486 e. The number of hydrogen-bond donors (Lipinski definition) is 1. The van der Waals surface area contributed by atoms with Gasteiger partial charge in [-0.25, -0.2) is 4.98 Å². The fraction of sp³-hybridized carbons (Fsp3) is 0.286. The van der Waals surface area contributed by atoms with E-state index >= 15 is 0 Å². The van der Waals surface area contributed by atoms with Gasteiger partial charge in [-0.1, -0.05) is 36.8 Å². The lowest BCUT2D eigenvalue weighted by Crippen LogP contribution is -2.09. The number of benzene rings is 1. The Bertz CT molecular complexity index is 576. The van der Waals surface area contributed by atoms with E-state index in [4.69, 9.17) is 22.7 Å². The van der Waals surface area contributed by atoms with Crippen LogP contribution < -0.4 is 10.5 Å². The average Bonchev–Trinajstić information content (AvgIpc) is 2.81. The van der Waals surface area contributed by atoms with E-state index in [1.807, 2.05) is 38.1 Å². The zero-order valence-corrected chi connectivity index (χ0v) is 12.6. The quantitative estimate of drug-likeness (QED) is 0.860. The van der Waals surface area contributed by atoms with E-state index in [2.05, 4.69) is 4.98 Å². The van der Waals surface area contributed by atoms with E-state index < -0.39 is 0 Å². The molecule has 5 heteroatoms. The van der Waals surface area contributed by atoms with Crippen LogP contribution in [-0.2, 0) is 13.0 Å². The Hall–Kier alpha value is -1.46. The summed E-state index contributed by atoms with van der Waals surface area (Å²) in [6, 6.07) is 7.96. The van der Waals surface area contributed by atoms with Crippen molar-refractivity contribution < 1.29 is 4.74 Å². The van der Waals surface area contributed by atoms with Crippen LogP contribution in [0, 0.1) is 6.92 Å². The van der Waals surface area contributed by atoms with E-state index in [-0.39, 0.29) is 0 Å². The Morgan fingerprint density at radius 1 is 1.37 bits per heavy atom. The van der Waals surface area contributed by atoms with Crippen molar-refractivity contribution in [1.82, 2.24) is 4.98 Å². The van der Waals surface area contributed by atoms with Gasteiger partial charge in [0.05, 0.1) is 10.6 Å². The largest absolute Gasteiger partial charge is 0.486 e. The number of aryl methyl sites for hydroxylation is 2. The number of hydrogen-bond acceptors (Lipinski definition) is 4. The smallest absolute Gasteiger partial charge is 0.140 e. The average molecular weight is 292 g/mol. The number of nitrogens with zero attached hydrogens (tertiary/aromatic N) is 1. The van der Waals surface area contributed by atoms with Gasteiger partial charge in [-0.2, -0.15) is 0 Å². The van der Waals surface area contributed by atoms with E-state index in [0.29, 0.717) is 11.6 Å². The molecule has 1 aromatic heterocycles. The van der Waals surface area contributed by atoms with Crippen LogP contribution in [0.3, 0.4) is 0 Å². The van der Waals surface area contributed by atoms with Gasteiger partial charge in [0.25, 0.3) is 0 Å².